The number of hydrogen-bond acceptors (Lipinski definition) is 6. The lowest BCUT2D eigenvalue weighted by molar-refractivity contribution is 0.0689. The number of ether oxygens (including phenoxy) is 2. The maximum atomic E-state index is 11.9. The number of hydrogen-bond donors (Lipinski definition) is 4. The van der Waals surface area contributed by atoms with Crippen molar-refractivity contribution in [3.05, 3.63) is 77.9 Å². The highest BCUT2D eigenvalue weighted by molar-refractivity contribution is 5.94. The summed E-state index contributed by atoms with van der Waals surface area (Å²) in [4.78, 5) is 11.9. The van der Waals surface area contributed by atoms with Gasteiger partial charge in [-0.25, -0.2) is 4.79 Å². The first kappa shape index (κ1) is 25.1. The Labute approximate surface area is 199 Å². The highest BCUT2D eigenvalue weighted by Crippen LogP contribution is 2.41. The lowest BCUT2D eigenvalue weighted by Crippen LogP contribution is -2.35. The molecule has 0 saturated carbocycles. The molecule has 0 heterocycles. The summed E-state index contributed by atoms with van der Waals surface area (Å²) in [6.07, 6.45) is -1.01. The second kappa shape index (κ2) is 11.5. The zero-order valence-electron chi connectivity index (χ0n) is 19.6. The van der Waals surface area contributed by atoms with E-state index >= 15 is 0 Å². The molecule has 3 rings (SSSR count). The Morgan fingerprint density at radius 1 is 0.941 bits per heavy atom. The monoisotopic (exact) mass is 465 g/mol. The van der Waals surface area contributed by atoms with Gasteiger partial charge in [-0.05, 0) is 56.2 Å². The fraction of sp³-hybridized carbons (Fsp3) is 0.296. The zero-order chi connectivity index (χ0) is 24.7. The van der Waals surface area contributed by atoms with Crippen LogP contribution in [0.5, 0.6) is 17.2 Å². The molecule has 34 heavy (non-hydrogen) atoms. The standard InChI is InChI=1S/C27H31NO6/c1-17(2)34-26-23(27(31)32)14-13-22(19-7-5-4-6-8-19)25(26)33-16-15-28-18(3)24(30)20-9-11-21(29)12-10-20/h4-14,17-18,24,28-30H,15-16H2,1-3H3,(H,31,32)/t18-,24-/m0/s1. The largest absolute Gasteiger partial charge is 0.508 e. The smallest absolute Gasteiger partial charge is 0.339 e. The topological polar surface area (TPSA) is 108 Å². The van der Waals surface area contributed by atoms with Crippen molar-refractivity contribution in [2.45, 2.75) is 39.0 Å². The van der Waals surface area contributed by atoms with E-state index in [4.69, 9.17) is 9.47 Å². The highest BCUT2D eigenvalue weighted by Gasteiger charge is 2.23. The van der Waals surface area contributed by atoms with Crippen molar-refractivity contribution in [2.75, 3.05) is 13.2 Å². The fourth-order valence-corrected chi connectivity index (χ4v) is 3.58. The van der Waals surface area contributed by atoms with Crippen LogP contribution in [0.3, 0.4) is 0 Å². The number of aliphatic hydroxyl groups is 1. The molecule has 7 nitrogen and oxygen atoms in total. The van der Waals surface area contributed by atoms with E-state index in [0.717, 1.165) is 11.1 Å². The van der Waals surface area contributed by atoms with Gasteiger partial charge in [0.1, 0.15) is 17.9 Å². The van der Waals surface area contributed by atoms with E-state index in [1.807, 2.05) is 51.1 Å². The first-order chi connectivity index (χ1) is 16.3. The minimum absolute atomic E-state index is 0.0347. The van der Waals surface area contributed by atoms with Crippen molar-refractivity contribution in [2.24, 2.45) is 0 Å². The maximum absolute atomic E-state index is 11.9. The molecule has 0 aliphatic rings. The molecule has 180 valence electrons. The zero-order valence-corrected chi connectivity index (χ0v) is 19.6. The number of benzene rings is 3. The SMILES string of the molecule is CC(C)Oc1c(C(=O)O)ccc(-c2ccccc2)c1OCCN[C@@H](C)[C@H](O)c1ccc(O)cc1. The quantitative estimate of drug-likeness (QED) is 0.306. The minimum atomic E-state index is -1.09. The van der Waals surface area contributed by atoms with Crippen molar-refractivity contribution in [1.82, 2.24) is 5.32 Å². The molecule has 2 atom stereocenters. The van der Waals surface area contributed by atoms with Crippen molar-refractivity contribution < 1.29 is 29.6 Å². The predicted molar refractivity (Wildman–Crippen MR) is 131 cm³/mol. The van der Waals surface area contributed by atoms with Gasteiger partial charge in [-0.1, -0.05) is 42.5 Å². The molecule has 0 aliphatic heterocycles. The van der Waals surface area contributed by atoms with E-state index in [-0.39, 0.29) is 35.8 Å². The minimum Gasteiger partial charge on any atom is -0.508 e. The highest BCUT2D eigenvalue weighted by atomic mass is 16.5. The molecule has 0 aromatic heterocycles. The summed E-state index contributed by atoms with van der Waals surface area (Å²) in [5.74, 6) is -0.388. The molecule has 7 heteroatoms. The summed E-state index contributed by atoms with van der Waals surface area (Å²) in [6, 6.07) is 19.0. The van der Waals surface area contributed by atoms with Crippen molar-refractivity contribution in [1.29, 1.82) is 0 Å². The normalized spacial score (nSPS) is 12.9. The number of nitrogens with one attached hydrogen (secondary N) is 1. The molecule has 0 spiro atoms. The second-order valence-corrected chi connectivity index (χ2v) is 8.28. The summed E-state index contributed by atoms with van der Waals surface area (Å²) in [6.45, 7) is 6.15. The van der Waals surface area contributed by atoms with Crippen LogP contribution in [0.4, 0.5) is 0 Å². The molecule has 0 radical (unpaired) electrons. The molecule has 0 amide bonds. The van der Waals surface area contributed by atoms with Crippen LogP contribution in [0.25, 0.3) is 11.1 Å². The van der Waals surface area contributed by atoms with E-state index in [1.54, 1.807) is 18.2 Å². The van der Waals surface area contributed by atoms with E-state index in [0.29, 0.717) is 17.9 Å². The number of phenolic OH excluding ortho intramolecular Hbond substituents is 1. The summed E-state index contributed by atoms with van der Waals surface area (Å²) in [7, 11) is 0. The number of carboxylic acid groups (broad SMARTS) is 1. The first-order valence-corrected chi connectivity index (χ1v) is 11.2. The average molecular weight is 466 g/mol. The van der Waals surface area contributed by atoms with Gasteiger partial charge in [-0.3, -0.25) is 0 Å². The third-order valence-corrected chi connectivity index (χ3v) is 5.30. The number of aromatic carboxylic acids is 1. The molecule has 4 N–H and O–H groups in total. The molecular formula is C27H31NO6. The van der Waals surface area contributed by atoms with Crippen LogP contribution in [0.15, 0.2) is 66.7 Å². The van der Waals surface area contributed by atoms with Crippen LogP contribution in [0.1, 0.15) is 42.8 Å². The summed E-state index contributed by atoms with van der Waals surface area (Å²) in [5.41, 5.74) is 2.34. The van der Waals surface area contributed by atoms with Gasteiger partial charge < -0.3 is 30.1 Å². The summed E-state index contributed by atoms with van der Waals surface area (Å²) < 4.78 is 12.0. The molecule has 3 aromatic rings. The number of phenols is 1. The number of aliphatic hydroxyl groups excluding tert-OH is 1. The van der Waals surface area contributed by atoms with Gasteiger partial charge in [0.15, 0.2) is 11.5 Å². The van der Waals surface area contributed by atoms with Gasteiger partial charge in [0, 0.05) is 18.2 Å². The van der Waals surface area contributed by atoms with Gasteiger partial charge in [0.05, 0.1) is 12.2 Å². The fourth-order valence-electron chi connectivity index (χ4n) is 3.58. The Hall–Kier alpha value is -3.55. The van der Waals surface area contributed by atoms with Gasteiger partial charge in [0.2, 0.25) is 0 Å². The van der Waals surface area contributed by atoms with Gasteiger partial charge in [-0.15, -0.1) is 0 Å². The van der Waals surface area contributed by atoms with E-state index in [9.17, 15) is 20.1 Å². The first-order valence-electron chi connectivity index (χ1n) is 11.2. The number of carbonyl (C=O) groups is 1. The Morgan fingerprint density at radius 3 is 2.24 bits per heavy atom. The molecule has 0 aliphatic carbocycles. The van der Waals surface area contributed by atoms with Gasteiger partial charge in [0.25, 0.3) is 0 Å². The summed E-state index contributed by atoms with van der Waals surface area (Å²) in [5, 5.41) is 32.9. The van der Waals surface area contributed by atoms with Crippen LogP contribution in [0.2, 0.25) is 0 Å². The maximum Gasteiger partial charge on any atom is 0.339 e. The molecule has 0 fully saturated rings. The van der Waals surface area contributed by atoms with Crippen LogP contribution in [-0.2, 0) is 0 Å². The van der Waals surface area contributed by atoms with Gasteiger partial charge >= 0.3 is 5.97 Å². The van der Waals surface area contributed by atoms with Crippen LogP contribution >= 0.6 is 0 Å². The van der Waals surface area contributed by atoms with Gasteiger partial charge in [-0.2, -0.15) is 0 Å². The predicted octanol–water partition coefficient (Wildman–Crippen LogP) is 4.64. The van der Waals surface area contributed by atoms with E-state index in [2.05, 4.69) is 5.32 Å². The molecule has 3 aromatic carbocycles. The Morgan fingerprint density at radius 2 is 1.62 bits per heavy atom. The number of rotatable bonds is 11. The third kappa shape index (κ3) is 6.27. The van der Waals surface area contributed by atoms with E-state index < -0.39 is 12.1 Å². The summed E-state index contributed by atoms with van der Waals surface area (Å²) >= 11 is 0. The molecular weight excluding hydrogens is 434 g/mol. The van der Waals surface area contributed by atoms with E-state index in [1.165, 1.54) is 18.2 Å². The Bertz CT molecular complexity index is 1080. The number of aromatic hydroxyl groups is 1. The Balaban J connectivity index is 1.78. The van der Waals surface area contributed by atoms with Crippen LogP contribution in [0, 0.1) is 0 Å². The molecule has 0 unspecified atom stereocenters. The second-order valence-electron chi connectivity index (χ2n) is 8.28. The third-order valence-electron chi connectivity index (χ3n) is 5.30. The van der Waals surface area contributed by atoms with Crippen LogP contribution in [-0.4, -0.2) is 46.6 Å². The number of carboxylic acids is 1. The van der Waals surface area contributed by atoms with Crippen molar-refractivity contribution in [3.8, 4) is 28.4 Å². The average Bonchev–Trinajstić information content (AvgIpc) is 2.82. The van der Waals surface area contributed by atoms with Crippen molar-refractivity contribution in [3.63, 3.8) is 0 Å². The van der Waals surface area contributed by atoms with Crippen LogP contribution < -0.4 is 14.8 Å². The molecule has 0 saturated heterocycles. The molecule has 0 bridgehead atoms. The van der Waals surface area contributed by atoms with Crippen molar-refractivity contribution >= 4 is 5.97 Å². The lowest BCUT2D eigenvalue weighted by Gasteiger charge is -2.22. The lowest BCUT2D eigenvalue weighted by atomic mass is 10.0. The Kier molecular flexibility index (Phi) is 8.51.